The third kappa shape index (κ3) is 7.42. The van der Waals surface area contributed by atoms with Gasteiger partial charge in [0.2, 0.25) is 0 Å². The van der Waals surface area contributed by atoms with Crippen molar-refractivity contribution in [3.05, 3.63) is 243 Å². The smallest absolute Gasteiger partial charge is 0.147 e. The Labute approximate surface area is 396 Å². The van der Waals surface area contributed by atoms with Crippen molar-refractivity contribution >= 4 is 21.8 Å². The summed E-state index contributed by atoms with van der Waals surface area (Å²) in [5.41, 5.74) is 15.3. The van der Waals surface area contributed by atoms with E-state index in [-0.39, 0.29) is 0 Å². The van der Waals surface area contributed by atoms with Crippen molar-refractivity contribution in [2.45, 2.75) is 25.9 Å². The van der Waals surface area contributed by atoms with Crippen molar-refractivity contribution in [1.82, 2.24) is 28.2 Å². The number of rotatable bonds is 13. The van der Waals surface area contributed by atoms with E-state index in [4.69, 9.17) is 9.97 Å². The van der Waals surface area contributed by atoms with Gasteiger partial charge in [0.25, 0.3) is 0 Å². The molecule has 0 atom stereocenters. The number of benzene rings is 8. The molecule has 0 bridgehead atoms. The van der Waals surface area contributed by atoms with Gasteiger partial charge in [-0.3, -0.25) is 9.13 Å². The highest BCUT2D eigenvalue weighted by Crippen LogP contribution is 2.43. The minimum atomic E-state index is 0.870. The molecule has 0 spiro atoms. The summed E-state index contributed by atoms with van der Waals surface area (Å²) >= 11 is 0. The highest BCUT2D eigenvalue weighted by atomic mass is 15.1. The number of hydrogen-bond donors (Lipinski definition) is 0. The summed E-state index contributed by atoms with van der Waals surface area (Å²) in [6.45, 7) is 1.74. The third-order valence-electron chi connectivity index (χ3n) is 13.1. The number of para-hydroxylation sites is 4. The van der Waals surface area contributed by atoms with E-state index >= 15 is 0 Å². The Morgan fingerprint density at radius 3 is 0.985 bits per heavy atom. The lowest BCUT2D eigenvalue weighted by molar-refractivity contribution is 0.570. The second-order valence-corrected chi connectivity index (χ2v) is 17.3. The van der Waals surface area contributed by atoms with Crippen molar-refractivity contribution in [2.75, 3.05) is 0 Å². The lowest BCUT2D eigenvalue weighted by Crippen LogP contribution is -2.01. The van der Waals surface area contributed by atoms with E-state index in [1.54, 1.807) is 0 Å². The monoisotopic (exact) mass is 876 g/mol. The minimum absolute atomic E-state index is 0.870. The molecule has 4 heterocycles. The zero-order chi connectivity index (χ0) is 45.2. The highest BCUT2D eigenvalue weighted by molar-refractivity contribution is 5.98. The number of aromatic nitrogens is 6. The Hall–Kier alpha value is -8.74. The number of unbranched alkanes of at least 4 members (excludes halogenated alkanes) is 1. The van der Waals surface area contributed by atoms with Gasteiger partial charge in [-0.1, -0.05) is 194 Å². The largest absolute Gasteiger partial charge is 0.347 e. The van der Waals surface area contributed by atoms with Gasteiger partial charge in [0.15, 0.2) is 0 Å². The molecule has 6 heteroatoms. The molecule has 0 fully saturated rings. The zero-order valence-corrected chi connectivity index (χ0v) is 37.6. The summed E-state index contributed by atoms with van der Waals surface area (Å²) < 4.78 is 9.58. The van der Waals surface area contributed by atoms with Gasteiger partial charge in [-0.2, -0.15) is 0 Å². The fourth-order valence-electron chi connectivity index (χ4n) is 9.96. The summed E-state index contributed by atoms with van der Waals surface area (Å²) in [4.78, 5) is 11.1. The molecule has 4 aromatic heterocycles. The SMILES string of the molecule is c1ccc(-c2nc(-c3cn(CCCCn4cc(-c5nc(-c6ccccc6)c(-c6ccccc6)n5-c5ccccc5)c5ccccc54)c4ccccc34)n(-c3ccccc3)c2-c2ccccc2)cc1. The van der Waals surface area contributed by atoms with Gasteiger partial charge in [-0.15, -0.1) is 0 Å². The normalized spacial score (nSPS) is 11.5. The molecule has 0 radical (unpaired) electrons. The minimum Gasteiger partial charge on any atom is -0.347 e. The average Bonchev–Trinajstić information content (AvgIpc) is 4.20. The molecule has 6 nitrogen and oxygen atoms in total. The second kappa shape index (κ2) is 17.9. The Bertz CT molecular complexity index is 3400. The maximum Gasteiger partial charge on any atom is 0.147 e. The lowest BCUT2D eigenvalue weighted by Gasteiger charge is -2.13. The summed E-state index contributed by atoms with van der Waals surface area (Å²) in [7, 11) is 0. The van der Waals surface area contributed by atoms with Gasteiger partial charge in [0.1, 0.15) is 11.6 Å². The van der Waals surface area contributed by atoms with E-state index in [2.05, 4.69) is 261 Å². The topological polar surface area (TPSA) is 45.5 Å². The predicted octanol–water partition coefficient (Wildman–Crippen LogP) is 15.4. The number of aryl methyl sites for hydroxylation is 2. The molecule has 0 amide bonds. The molecule has 0 saturated carbocycles. The molecule has 0 saturated heterocycles. The second-order valence-electron chi connectivity index (χ2n) is 17.3. The molecule has 12 aromatic rings. The van der Waals surface area contributed by atoms with Crippen molar-refractivity contribution in [1.29, 1.82) is 0 Å². The van der Waals surface area contributed by atoms with Crippen LogP contribution in [0.1, 0.15) is 12.8 Å². The quantitative estimate of drug-likeness (QED) is 0.108. The number of fused-ring (bicyclic) bond motifs is 2. The standard InChI is InChI=1S/C62H48N6/c1-7-25-45(26-8-1)57-59(47-29-11-3-12-30-47)67(49-33-15-5-16-34-49)61(63-57)53-43-65(55-39-21-19-37-51(53)55)41-23-24-42-66-44-54(52-38-20-22-40-56(52)66)62-64-58(46-27-9-2-10-28-46)60(48-31-13-4-14-32-48)68(62)50-35-17-6-18-36-50/h1-22,25-40,43-44H,23-24,41-42H2. The fraction of sp³-hybridized carbons (Fsp3) is 0.0645. The Kier molecular flexibility index (Phi) is 10.7. The zero-order valence-electron chi connectivity index (χ0n) is 37.6. The van der Waals surface area contributed by atoms with Crippen molar-refractivity contribution in [3.63, 3.8) is 0 Å². The van der Waals surface area contributed by atoms with Gasteiger partial charge in [0.05, 0.1) is 22.8 Å². The predicted molar refractivity (Wildman–Crippen MR) is 280 cm³/mol. The molecular weight excluding hydrogens is 829 g/mol. The van der Waals surface area contributed by atoms with Crippen LogP contribution in [0, 0.1) is 0 Å². The maximum atomic E-state index is 5.57. The number of imidazole rings is 2. The number of hydrogen-bond acceptors (Lipinski definition) is 2. The van der Waals surface area contributed by atoms with Crippen LogP contribution in [0.4, 0.5) is 0 Å². The maximum absolute atomic E-state index is 5.57. The van der Waals surface area contributed by atoms with Crippen LogP contribution in [-0.4, -0.2) is 28.2 Å². The summed E-state index contributed by atoms with van der Waals surface area (Å²) in [6.07, 6.45) is 6.65. The Morgan fingerprint density at radius 1 is 0.309 bits per heavy atom. The molecular formula is C62H48N6. The molecule has 8 aromatic carbocycles. The van der Waals surface area contributed by atoms with Gasteiger partial charge in [0, 0.05) is 92.0 Å². The first-order valence-electron chi connectivity index (χ1n) is 23.5. The molecule has 0 N–H and O–H groups in total. The molecule has 0 aliphatic carbocycles. The Morgan fingerprint density at radius 2 is 0.618 bits per heavy atom. The van der Waals surface area contributed by atoms with Crippen LogP contribution in [-0.2, 0) is 13.1 Å². The summed E-state index contributed by atoms with van der Waals surface area (Å²) in [5.74, 6) is 1.85. The van der Waals surface area contributed by atoms with Gasteiger partial charge < -0.3 is 9.13 Å². The molecule has 0 unspecified atom stereocenters. The van der Waals surface area contributed by atoms with E-state index < -0.39 is 0 Å². The van der Waals surface area contributed by atoms with E-state index in [1.165, 1.54) is 21.8 Å². The summed E-state index contributed by atoms with van der Waals surface area (Å²) in [6, 6.07) is 81.4. The van der Waals surface area contributed by atoms with Crippen LogP contribution in [0.25, 0.3) is 101 Å². The first-order valence-corrected chi connectivity index (χ1v) is 23.5. The molecule has 326 valence electrons. The van der Waals surface area contributed by atoms with Gasteiger partial charge in [-0.25, -0.2) is 9.97 Å². The van der Waals surface area contributed by atoms with Gasteiger partial charge >= 0.3 is 0 Å². The van der Waals surface area contributed by atoms with Crippen molar-refractivity contribution < 1.29 is 0 Å². The molecule has 68 heavy (non-hydrogen) atoms. The summed E-state index contributed by atoms with van der Waals surface area (Å²) in [5, 5.41) is 2.38. The van der Waals surface area contributed by atoms with E-state index in [1.807, 2.05) is 0 Å². The fourth-order valence-corrected chi connectivity index (χ4v) is 9.96. The average molecular weight is 877 g/mol. The Balaban J connectivity index is 0.909. The van der Waals surface area contributed by atoms with Crippen LogP contribution in [0.2, 0.25) is 0 Å². The van der Waals surface area contributed by atoms with Crippen molar-refractivity contribution in [2.24, 2.45) is 0 Å². The lowest BCUT2D eigenvalue weighted by atomic mass is 10.0. The first-order chi connectivity index (χ1) is 33.8. The van der Waals surface area contributed by atoms with Crippen LogP contribution in [0.3, 0.4) is 0 Å². The molecule has 0 aliphatic rings. The van der Waals surface area contributed by atoms with E-state index in [0.717, 1.165) is 105 Å². The molecule has 0 aliphatic heterocycles. The third-order valence-corrected chi connectivity index (χ3v) is 13.1. The van der Waals surface area contributed by atoms with E-state index in [0.29, 0.717) is 0 Å². The van der Waals surface area contributed by atoms with Crippen LogP contribution in [0.15, 0.2) is 243 Å². The van der Waals surface area contributed by atoms with E-state index in [9.17, 15) is 0 Å². The first kappa shape index (κ1) is 40.7. The molecule has 12 rings (SSSR count). The highest BCUT2D eigenvalue weighted by Gasteiger charge is 2.27. The van der Waals surface area contributed by atoms with Crippen LogP contribution in [0.5, 0.6) is 0 Å². The van der Waals surface area contributed by atoms with Crippen LogP contribution >= 0.6 is 0 Å². The van der Waals surface area contributed by atoms with Crippen LogP contribution < -0.4 is 0 Å². The number of nitrogens with zero attached hydrogens (tertiary/aromatic N) is 6. The van der Waals surface area contributed by atoms with Gasteiger partial charge in [-0.05, 0) is 49.2 Å². The van der Waals surface area contributed by atoms with Crippen molar-refractivity contribution in [3.8, 4) is 79.2 Å².